The number of ether oxygens (including phenoxy) is 2. The van der Waals surface area contributed by atoms with Crippen LogP contribution in [0.2, 0.25) is 0 Å². The summed E-state index contributed by atoms with van der Waals surface area (Å²) in [6, 6.07) is 4.96. The third-order valence-electron chi connectivity index (χ3n) is 5.08. The van der Waals surface area contributed by atoms with E-state index in [1.54, 1.807) is 18.2 Å². The topological polar surface area (TPSA) is 117 Å². The Bertz CT molecular complexity index is 653. The minimum absolute atomic E-state index is 0. The van der Waals surface area contributed by atoms with Gasteiger partial charge in [0, 0.05) is 17.8 Å². The summed E-state index contributed by atoms with van der Waals surface area (Å²) in [5, 5.41) is 2.91. The summed E-state index contributed by atoms with van der Waals surface area (Å²) in [4.78, 5) is 23.5. The van der Waals surface area contributed by atoms with Gasteiger partial charge in [0.2, 0.25) is 5.91 Å². The SMILES string of the molecule is COc1ccc(NC(=O)C2C3CCC(C3)C2N)cc1OCC(N)=O.Cl. The maximum absolute atomic E-state index is 12.6. The van der Waals surface area contributed by atoms with Crippen LogP contribution in [0.15, 0.2) is 18.2 Å². The van der Waals surface area contributed by atoms with Crippen molar-refractivity contribution >= 4 is 29.9 Å². The number of hydrogen-bond donors (Lipinski definition) is 3. The van der Waals surface area contributed by atoms with E-state index in [4.69, 9.17) is 20.9 Å². The Labute approximate surface area is 152 Å². The number of primary amides is 1. The number of nitrogens with one attached hydrogen (secondary N) is 1. The molecule has 2 amide bonds. The Morgan fingerprint density at radius 2 is 1.96 bits per heavy atom. The Morgan fingerprint density at radius 1 is 1.24 bits per heavy atom. The predicted octanol–water partition coefficient (Wildman–Crippen LogP) is 1.29. The number of hydrogen-bond acceptors (Lipinski definition) is 5. The molecule has 25 heavy (non-hydrogen) atoms. The van der Waals surface area contributed by atoms with Crippen LogP contribution in [-0.2, 0) is 9.59 Å². The first-order valence-electron chi connectivity index (χ1n) is 8.15. The van der Waals surface area contributed by atoms with Crippen LogP contribution >= 0.6 is 12.4 Å². The van der Waals surface area contributed by atoms with Gasteiger partial charge in [0.15, 0.2) is 18.1 Å². The average Bonchev–Trinajstić information content (AvgIpc) is 3.14. The van der Waals surface area contributed by atoms with E-state index in [1.165, 1.54) is 7.11 Å². The molecule has 2 aliphatic rings. The molecule has 4 unspecified atom stereocenters. The molecule has 5 N–H and O–H groups in total. The van der Waals surface area contributed by atoms with Gasteiger partial charge in [0.1, 0.15) is 0 Å². The van der Waals surface area contributed by atoms with Crippen LogP contribution in [-0.4, -0.2) is 31.6 Å². The summed E-state index contributed by atoms with van der Waals surface area (Å²) in [6.45, 7) is -0.259. The molecule has 2 bridgehead atoms. The van der Waals surface area contributed by atoms with Crippen molar-refractivity contribution in [1.29, 1.82) is 0 Å². The lowest BCUT2D eigenvalue weighted by Gasteiger charge is -2.27. The zero-order chi connectivity index (χ0) is 17.3. The maximum atomic E-state index is 12.6. The van der Waals surface area contributed by atoms with Crippen molar-refractivity contribution in [3.8, 4) is 11.5 Å². The zero-order valence-corrected chi connectivity index (χ0v) is 14.9. The van der Waals surface area contributed by atoms with Gasteiger partial charge in [0.25, 0.3) is 5.91 Å². The molecule has 1 aromatic rings. The average molecular weight is 370 g/mol. The zero-order valence-electron chi connectivity index (χ0n) is 14.1. The standard InChI is InChI=1S/C17H23N3O4.ClH/c1-23-12-5-4-11(7-13(12)24-8-14(18)21)20-17(22)15-9-2-3-10(6-9)16(15)19;/h4-5,7,9-10,15-16H,2-3,6,8,19H2,1H3,(H2,18,21)(H,20,22);1H. The molecule has 3 rings (SSSR count). The van der Waals surface area contributed by atoms with E-state index >= 15 is 0 Å². The highest BCUT2D eigenvalue weighted by Crippen LogP contribution is 2.48. The molecule has 138 valence electrons. The lowest BCUT2D eigenvalue weighted by Crippen LogP contribution is -2.42. The van der Waals surface area contributed by atoms with E-state index in [0.29, 0.717) is 29.0 Å². The summed E-state index contributed by atoms with van der Waals surface area (Å²) < 4.78 is 10.5. The van der Waals surface area contributed by atoms with Crippen LogP contribution in [0, 0.1) is 17.8 Å². The van der Waals surface area contributed by atoms with Gasteiger partial charge in [-0.3, -0.25) is 9.59 Å². The highest BCUT2D eigenvalue weighted by atomic mass is 35.5. The number of nitrogens with two attached hydrogens (primary N) is 2. The third kappa shape index (κ3) is 3.99. The molecule has 2 fully saturated rings. The quantitative estimate of drug-likeness (QED) is 0.698. The van der Waals surface area contributed by atoms with E-state index in [-0.39, 0.29) is 36.9 Å². The highest BCUT2D eigenvalue weighted by Gasteiger charge is 2.49. The summed E-state index contributed by atoms with van der Waals surface area (Å²) in [7, 11) is 1.50. The van der Waals surface area contributed by atoms with Crippen molar-refractivity contribution in [2.75, 3.05) is 19.0 Å². The van der Waals surface area contributed by atoms with Gasteiger partial charge in [-0.2, -0.15) is 0 Å². The molecule has 0 saturated heterocycles. The summed E-state index contributed by atoms with van der Waals surface area (Å²) in [5.41, 5.74) is 11.9. The summed E-state index contributed by atoms with van der Waals surface area (Å²) in [6.07, 6.45) is 3.25. The van der Waals surface area contributed by atoms with Crippen LogP contribution in [0.5, 0.6) is 11.5 Å². The van der Waals surface area contributed by atoms with Crippen molar-refractivity contribution in [2.45, 2.75) is 25.3 Å². The Kier molecular flexibility index (Phi) is 6.13. The molecule has 0 radical (unpaired) electrons. The monoisotopic (exact) mass is 369 g/mol. The highest BCUT2D eigenvalue weighted by molar-refractivity contribution is 5.94. The molecular weight excluding hydrogens is 346 g/mol. The van der Waals surface area contributed by atoms with E-state index in [9.17, 15) is 9.59 Å². The van der Waals surface area contributed by atoms with E-state index in [2.05, 4.69) is 5.32 Å². The van der Waals surface area contributed by atoms with Crippen molar-refractivity contribution in [3.63, 3.8) is 0 Å². The van der Waals surface area contributed by atoms with Gasteiger partial charge >= 0.3 is 0 Å². The van der Waals surface area contributed by atoms with Crippen LogP contribution in [0.25, 0.3) is 0 Å². The van der Waals surface area contributed by atoms with Gasteiger partial charge in [0.05, 0.1) is 13.0 Å². The first-order valence-corrected chi connectivity index (χ1v) is 8.15. The van der Waals surface area contributed by atoms with E-state index in [0.717, 1.165) is 19.3 Å². The summed E-state index contributed by atoms with van der Waals surface area (Å²) in [5.74, 6) is 0.892. The first-order chi connectivity index (χ1) is 11.5. The minimum atomic E-state index is -0.584. The maximum Gasteiger partial charge on any atom is 0.255 e. The van der Waals surface area contributed by atoms with Crippen LogP contribution in [0.3, 0.4) is 0 Å². The lowest BCUT2D eigenvalue weighted by atomic mass is 9.84. The smallest absolute Gasteiger partial charge is 0.255 e. The first kappa shape index (κ1) is 19.3. The number of carbonyl (C=O) groups excluding carboxylic acids is 2. The van der Waals surface area contributed by atoms with Crippen molar-refractivity contribution in [3.05, 3.63) is 18.2 Å². The number of fused-ring (bicyclic) bond motifs is 2. The molecule has 0 aromatic heterocycles. The third-order valence-corrected chi connectivity index (χ3v) is 5.08. The molecule has 7 nitrogen and oxygen atoms in total. The molecule has 0 aliphatic heterocycles. The van der Waals surface area contributed by atoms with E-state index in [1.807, 2.05) is 0 Å². The molecule has 1 aromatic carbocycles. The number of rotatable bonds is 6. The number of methoxy groups -OCH3 is 1. The molecular formula is C17H24ClN3O4. The number of benzene rings is 1. The fraction of sp³-hybridized carbons (Fsp3) is 0.529. The molecule has 0 spiro atoms. The Hall–Kier alpha value is -1.99. The summed E-state index contributed by atoms with van der Waals surface area (Å²) >= 11 is 0. The molecule has 2 aliphatic carbocycles. The molecule has 2 saturated carbocycles. The van der Waals surface area contributed by atoms with Crippen LogP contribution < -0.4 is 26.3 Å². The van der Waals surface area contributed by atoms with Crippen molar-refractivity contribution in [1.82, 2.24) is 0 Å². The van der Waals surface area contributed by atoms with Gasteiger partial charge < -0.3 is 26.3 Å². The van der Waals surface area contributed by atoms with Gasteiger partial charge in [-0.1, -0.05) is 0 Å². The van der Waals surface area contributed by atoms with Crippen LogP contribution in [0.4, 0.5) is 5.69 Å². The largest absolute Gasteiger partial charge is 0.493 e. The van der Waals surface area contributed by atoms with Crippen molar-refractivity contribution in [2.24, 2.45) is 29.2 Å². The number of amides is 2. The molecule has 4 atom stereocenters. The number of carbonyl (C=O) groups is 2. The van der Waals surface area contributed by atoms with E-state index < -0.39 is 5.91 Å². The van der Waals surface area contributed by atoms with Crippen molar-refractivity contribution < 1.29 is 19.1 Å². The van der Waals surface area contributed by atoms with Gasteiger partial charge in [-0.15, -0.1) is 12.4 Å². The van der Waals surface area contributed by atoms with Gasteiger partial charge in [-0.25, -0.2) is 0 Å². The Balaban J connectivity index is 0.00000225. The number of anilines is 1. The molecule has 0 heterocycles. The Morgan fingerprint density at radius 3 is 2.56 bits per heavy atom. The molecule has 8 heteroatoms. The normalized spacial score (nSPS) is 26.6. The fourth-order valence-electron chi connectivity index (χ4n) is 3.97. The second-order valence-electron chi connectivity index (χ2n) is 6.55. The number of halogens is 1. The van der Waals surface area contributed by atoms with Crippen LogP contribution in [0.1, 0.15) is 19.3 Å². The predicted molar refractivity (Wildman–Crippen MR) is 95.9 cm³/mol. The van der Waals surface area contributed by atoms with Gasteiger partial charge in [-0.05, 0) is 43.2 Å². The second-order valence-corrected chi connectivity index (χ2v) is 6.55. The fourth-order valence-corrected chi connectivity index (χ4v) is 3.97. The lowest BCUT2D eigenvalue weighted by molar-refractivity contribution is -0.122. The second kappa shape index (κ2) is 7.93. The minimum Gasteiger partial charge on any atom is -0.493 e.